The second-order valence-electron chi connectivity index (χ2n) is 5.78. The van der Waals surface area contributed by atoms with Gasteiger partial charge in [0, 0.05) is 33.2 Å². The molecule has 26 heavy (non-hydrogen) atoms. The number of carbonyl (C=O) groups excluding carboxylic acids is 2. The van der Waals surface area contributed by atoms with Crippen molar-refractivity contribution in [2.24, 2.45) is 0 Å². The Balaban J connectivity index is 1.81. The van der Waals surface area contributed by atoms with Crippen LogP contribution >= 0.6 is 23.4 Å². The fraction of sp³-hybridized carbons (Fsp3) is 0.0526. The van der Waals surface area contributed by atoms with E-state index in [9.17, 15) is 14.0 Å². The Labute approximate surface area is 157 Å². The van der Waals surface area contributed by atoms with E-state index in [1.807, 2.05) is 35.0 Å². The van der Waals surface area contributed by atoms with E-state index in [1.165, 1.54) is 6.07 Å². The van der Waals surface area contributed by atoms with Crippen LogP contribution in [0.25, 0.3) is 17.0 Å². The van der Waals surface area contributed by atoms with Crippen molar-refractivity contribution in [1.82, 2.24) is 9.88 Å². The lowest BCUT2D eigenvalue weighted by Gasteiger charge is -2.08. The molecule has 0 aliphatic carbocycles. The molecule has 0 radical (unpaired) electrons. The van der Waals surface area contributed by atoms with Gasteiger partial charge in [0.25, 0.3) is 11.1 Å². The Bertz CT molecular complexity index is 1070. The molecule has 4 nitrogen and oxygen atoms in total. The number of amides is 2. The van der Waals surface area contributed by atoms with Crippen LogP contribution in [0.2, 0.25) is 5.02 Å². The van der Waals surface area contributed by atoms with Gasteiger partial charge in [0.2, 0.25) is 0 Å². The summed E-state index contributed by atoms with van der Waals surface area (Å²) in [6.45, 7) is 0.257. The van der Waals surface area contributed by atoms with Crippen molar-refractivity contribution in [3.8, 4) is 0 Å². The Morgan fingerprint density at radius 2 is 1.96 bits per heavy atom. The summed E-state index contributed by atoms with van der Waals surface area (Å²) in [6, 6.07) is 12.2. The molecule has 1 saturated heterocycles. The van der Waals surface area contributed by atoms with Crippen LogP contribution in [0.1, 0.15) is 11.1 Å². The van der Waals surface area contributed by atoms with E-state index in [0.29, 0.717) is 15.5 Å². The summed E-state index contributed by atoms with van der Waals surface area (Å²) in [7, 11) is 0. The molecule has 7 heteroatoms. The summed E-state index contributed by atoms with van der Waals surface area (Å²) in [5.41, 5.74) is 2.06. The summed E-state index contributed by atoms with van der Waals surface area (Å²) in [6.07, 6.45) is 3.50. The molecular weight excluding hydrogens is 375 g/mol. The number of aromatic nitrogens is 1. The van der Waals surface area contributed by atoms with E-state index in [0.717, 1.165) is 28.2 Å². The van der Waals surface area contributed by atoms with Crippen LogP contribution in [-0.2, 0) is 11.3 Å². The van der Waals surface area contributed by atoms with Crippen molar-refractivity contribution in [3.63, 3.8) is 0 Å². The maximum absolute atomic E-state index is 14.2. The zero-order valence-corrected chi connectivity index (χ0v) is 14.9. The molecule has 4 rings (SSSR count). The molecule has 3 aromatic rings. The summed E-state index contributed by atoms with van der Waals surface area (Å²) >= 11 is 7.02. The van der Waals surface area contributed by atoms with Gasteiger partial charge < -0.3 is 4.57 Å². The highest BCUT2D eigenvalue weighted by molar-refractivity contribution is 8.18. The third kappa shape index (κ3) is 3.02. The minimum Gasteiger partial charge on any atom is -0.342 e. The molecule has 1 fully saturated rings. The molecule has 0 unspecified atom stereocenters. The maximum atomic E-state index is 14.2. The number of imide groups is 1. The van der Waals surface area contributed by atoms with Crippen molar-refractivity contribution in [1.29, 1.82) is 0 Å². The summed E-state index contributed by atoms with van der Waals surface area (Å²) in [5, 5.41) is 3.12. The largest absolute Gasteiger partial charge is 0.342 e. The van der Waals surface area contributed by atoms with Crippen LogP contribution in [-0.4, -0.2) is 15.7 Å². The van der Waals surface area contributed by atoms with E-state index in [-0.39, 0.29) is 17.6 Å². The van der Waals surface area contributed by atoms with Crippen molar-refractivity contribution in [2.45, 2.75) is 6.54 Å². The zero-order valence-electron chi connectivity index (χ0n) is 13.3. The molecule has 0 spiro atoms. The van der Waals surface area contributed by atoms with Gasteiger partial charge in [-0.2, -0.15) is 0 Å². The van der Waals surface area contributed by atoms with Gasteiger partial charge in [-0.25, -0.2) is 4.39 Å². The number of rotatable bonds is 3. The van der Waals surface area contributed by atoms with Gasteiger partial charge >= 0.3 is 0 Å². The SMILES string of the molecule is O=C1NC(=O)/C(=C\c2cn(Cc3c(F)cccc3Cl)c3ccccc23)S1. The first-order valence-corrected chi connectivity index (χ1v) is 8.98. The van der Waals surface area contributed by atoms with Crippen molar-refractivity contribution in [3.05, 3.63) is 75.5 Å². The monoisotopic (exact) mass is 386 g/mol. The van der Waals surface area contributed by atoms with Crippen LogP contribution in [0.5, 0.6) is 0 Å². The average Bonchev–Trinajstić information content (AvgIpc) is 3.11. The van der Waals surface area contributed by atoms with Gasteiger partial charge in [-0.15, -0.1) is 0 Å². The Morgan fingerprint density at radius 3 is 2.69 bits per heavy atom. The Kier molecular flexibility index (Phi) is 4.30. The standard InChI is InChI=1S/C19H12ClFN2O2S/c20-14-5-3-6-15(21)13(14)10-23-9-11(12-4-1-2-7-16(12)23)8-17-18(24)22-19(25)26-17/h1-9H,10H2,(H,22,24,25)/b17-8+. The first kappa shape index (κ1) is 16.9. The molecule has 2 aromatic carbocycles. The van der Waals surface area contributed by atoms with E-state index in [1.54, 1.807) is 18.2 Å². The van der Waals surface area contributed by atoms with Crippen LogP contribution in [0.15, 0.2) is 53.6 Å². The van der Waals surface area contributed by atoms with Gasteiger partial charge in [-0.3, -0.25) is 14.9 Å². The molecule has 1 aliphatic heterocycles. The lowest BCUT2D eigenvalue weighted by molar-refractivity contribution is -0.115. The number of para-hydroxylation sites is 1. The lowest BCUT2D eigenvalue weighted by Crippen LogP contribution is -2.17. The van der Waals surface area contributed by atoms with E-state index >= 15 is 0 Å². The summed E-state index contributed by atoms with van der Waals surface area (Å²) in [5.74, 6) is -0.777. The van der Waals surface area contributed by atoms with Crippen LogP contribution in [0, 0.1) is 5.82 Å². The van der Waals surface area contributed by atoms with Crippen molar-refractivity contribution < 1.29 is 14.0 Å². The number of hydrogen-bond acceptors (Lipinski definition) is 3. The van der Waals surface area contributed by atoms with Crippen molar-refractivity contribution in [2.75, 3.05) is 0 Å². The van der Waals surface area contributed by atoms with Gasteiger partial charge in [0.05, 0.1) is 11.4 Å². The first-order chi connectivity index (χ1) is 12.5. The molecule has 0 atom stereocenters. The molecule has 1 N–H and O–H groups in total. The minimum absolute atomic E-state index is 0.257. The van der Waals surface area contributed by atoms with E-state index in [2.05, 4.69) is 5.32 Å². The molecule has 1 aromatic heterocycles. The molecule has 2 amide bonds. The van der Waals surface area contributed by atoms with Crippen LogP contribution in [0.3, 0.4) is 0 Å². The van der Waals surface area contributed by atoms with Crippen LogP contribution in [0.4, 0.5) is 9.18 Å². The fourth-order valence-electron chi connectivity index (χ4n) is 2.94. The zero-order chi connectivity index (χ0) is 18.3. The van der Waals surface area contributed by atoms with E-state index in [4.69, 9.17) is 11.6 Å². The number of carbonyl (C=O) groups is 2. The summed E-state index contributed by atoms with van der Waals surface area (Å²) in [4.78, 5) is 23.5. The molecular formula is C19H12ClFN2O2S. The third-order valence-electron chi connectivity index (χ3n) is 4.14. The van der Waals surface area contributed by atoms with Gasteiger partial charge in [0.15, 0.2) is 0 Å². The molecule has 0 bridgehead atoms. The second kappa shape index (κ2) is 6.63. The maximum Gasteiger partial charge on any atom is 0.290 e. The smallest absolute Gasteiger partial charge is 0.290 e. The van der Waals surface area contributed by atoms with Crippen molar-refractivity contribution >= 4 is 51.5 Å². The fourth-order valence-corrected chi connectivity index (χ4v) is 3.83. The number of nitrogens with zero attached hydrogens (tertiary/aromatic N) is 1. The Hall–Kier alpha value is -2.57. The number of thioether (sulfide) groups is 1. The third-order valence-corrected chi connectivity index (χ3v) is 5.30. The Morgan fingerprint density at radius 1 is 1.15 bits per heavy atom. The predicted molar refractivity (Wildman–Crippen MR) is 102 cm³/mol. The molecule has 2 heterocycles. The molecule has 130 valence electrons. The number of benzene rings is 2. The number of hydrogen-bond donors (Lipinski definition) is 1. The number of halogens is 2. The highest BCUT2D eigenvalue weighted by atomic mass is 35.5. The van der Waals surface area contributed by atoms with Crippen LogP contribution < -0.4 is 5.32 Å². The van der Waals surface area contributed by atoms with E-state index < -0.39 is 5.91 Å². The minimum atomic E-state index is -0.408. The number of nitrogens with one attached hydrogen (secondary N) is 1. The summed E-state index contributed by atoms with van der Waals surface area (Å²) < 4.78 is 16.0. The molecule has 0 saturated carbocycles. The lowest BCUT2D eigenvalue weighted by atomic mass is 10.1. The highest BCUT2D eigenvalue weighted by Crippen LogP contribution is 2.30. The quantitative estimate of drug-likeness (QED) is 0.657. The number of fused-ring (bicyclic) bond motifs is 1. The second-order valence-corrected chi connectivity index (χ2v) is 7.20. The van der Waals surface area contributed by atoms with Gasteiger partial charge in [-0.05, 0) is 36.0 Å². The normalized spacial score (nSPS) is 15.8. The topological polar surface area (TPSA) is 51.1 Å². The predicted octanol–water partition coefficient (Wildman–Crippen LogP) is 4.81. The highest BCUT2D eigenvalue weighted by Gasteiger charge is 2.25. The first-order valence-electron chi connectivity index (χ1n) is 7.78. The molecule has 1 aliphatic rings. The average molecular weight is 387 g/mol. The van der Waals surface area contributed by atoms with Gasteiger partial charge in [-0.1, -0.05) is 35.9 Å². The van der Waals surface area contributed by atoms with Gasteiger partial charge in [0.1, 0.15) is 5.82 Å².